The van der Waals surface area contributed by atoms with Crippen LogP contribution in [0.25, 0.3) is 0 Å². The van der Waals surface area contributed by atoms with Crippen molar-refractivity contribution in [1.29, 1.82) is 0 Å². The highest BCUT2D eigenvalue weighted by molar-refractivity contribution is 6.31. The Balaban J connectivity index is 2.09. The first-order valence-electron chi connectivity index (χ1n) is 7.05. The number of halogens is 1. The zero-order valence-electron chi connectivity index (χ0n) is 11.6. The maximum atomic E-state index is 11.4. The molecule has 0 aliphatic heterocycles. The Kier molecular flexibility index (Phi) is 5.07. The first-order valence-corrected chi connectivity index (χ1v) is 7.43. The Bertz CT molecular complexity index is 548. The number of carboxylic acids is 1. The number of carboxylic acid groups (broad SMARTS) is 1. The molecular weight excluding hydrogens is 292 g/mol. The van der Waals surface area contributed by atoms with Crippen molar-refractivity contribution in [2.75, 3.05) is 11.9 Å². The summed E-state index contributed by atoms with van der Waals surface area (Å²) in [7, 11) is 0. The lowest BCUT2D eigenvalue weighted by Crippen LogP contribution is -2.32. The lowest BCUT2D eigenvalue weighted by Gasteiger charge is -2.29. The Morgan fingerprint density at radius 3 is 2.71 bits per heavy atom. The van der Waals surface area contributed by atoms with Crippen LogP contribution in [0.2, 0.25) is 5.02 Å². The second kappa shape index (κ2) is 6.80. The van der Waals surface area contributed by atoms with Crippen LogP contribution < -0.4 is 11.1 Å². The number of carbonyl (C=O) groups is 2. The highest BCUT2D eigenvalue weighted by atomic mass is 35.5. The van der Waals surface area contributed by atoms with Gasteiger partial charge in [0.05, 0.1) is 11.5 Å². The molecule has 1 aliphatic rings. The van der Waals surface area contributed by atoms with Crippen LogP contribution in [0.5, 0.6) is 0 Å². The largest absolute Gasteiger partial charge is 0.481 e. The third-order valence-electron chi connectivity index (χ3n) is 4.03. The topological polar surface area (TPSA) is 92.4 Å². The molecule has 2 rings (SSSR count). The quantitative estimate of drug-likeness (QED) is 0.779. The fourth-order valence-electron chi connectivity index (χ4n) is 2.90. The molecular formula is C15H19ClN2O3. The minimum Gasteiger partial charge on any atom is -0.481 e. The number of nitrogens with one attached hydrogen (secondary N) is 1. The molecule has 0 heterocycles. The number of carbonyl (C=O) groups excluding carboxylic acids is 1. The van der Waals surface area contributed by atoms with Crippen molar-refractivity contribution in [3.63, 3.8) is 0 Å². The van der Waals surface area contributed by atoms with E-state index in [1.54, 1.807) is 18.2 Å². The zero-order valence-corrected chi connectivity index (χ0v) is 12.4. The molecule has 5 nitrogen and oxygen atoms in total. The number of amides is 1. The standard InChI is InChI=1S/C15H19ClN2O3/c16-10-5-6-12(14(17)19)13(7-10)18-8-9-3-1-2-4-11(9)15(20)21/h5-7,9,11,18H,1-4,8H2,(H2,17,19)(H,20,21). The number of nitrogens with two attached hydrogens (primary N) is 1. The summed E-state index contributed by atoms with van der Waals surface area (Å²) in [6.45, 7) is 0.498. The Morgan fingerprint density at radius 2 is 2.05 bits per heavy atom. The average molecular weight is 311 g/mol. The highest BCUT2D eigenvalue weighted by Gasteiger charge is 2.30. The van der Waals surface area contributed by atoms with Gasteiger partial charge in [0.2, 0.25) is 0 Å². The molecule has 114 valence electrons. The number of rotatable bonds is 5. The van der Waals surface area contributed by atoms with E-state index in [0.717, 1.165) is 19.3 Å². The summed E-state index contributed by atoms with van der Waals surface area (Å²) < 4.78 is 0. The summed E-state index contributed by atoms with van der Waals surface area (Å²) in [5, 5.41) is 12.9. The van der Waals surface area contributed by atoms with Gasteiger partial charge in [0.25, 0.3) is 5.91 Å². The van der Waals surface area contributed by atoms with E-state index < -0.39 is 11.9 Å². The van der Waals surface area contributed by atoms with Gasteiger partial charge >= 0.3 is 5.97 Å². The first kappa shape index (κ1) is 15.6. The van der Waals surface area contributed by atoms with Crippen molar-refractivity contribution in [2.45, 2.75) is 25.7 Å². The molecule has 0 radical (unpaired) electrons. The van der Waals surface area contributed by atoms with Gasteiger partial charge in [-0.1, -0.05) is 24.4 Å². The summed E-state index contributed by atoms with van der Waals surface area (Å²) in [6, 6.07) is 4.82. The number of hydrogen-bond donors (Lipinski definition) is 3. The van der Waals surface area contributed by atoms with Crippen LogP contribution in [0.4, 0.5) is 5.69 Å². The number of anilines is 1. The van der Waals surface area contributed by atoms with Crippen molar-refractivity contribution in [2.24, 2.45) is 17.6 Å². The number of aliphatic carboxylic acids is 1. The fourth-order valence-corrected chi connectivity index (χ4v) is 3.07. The maximum Gasteiger partial charge on any atom is 0.306 e. The molecule has 1 fully saturated rings. The van der Waals surface area contributed by atoms with E-state index in [1.165, 1.54) is 0 Å². The van der Waals surface area contributed by atoms with Gasteiger partial charge in [-0.2, -0.15) is 0 Å². The number of primary amides is 1. The molecule has 1 saturated carbocycles. The zero-order chi connectivity index (χ0) is 15.4. The van der Waals surface area contributed by atoms with Gasteiger partial charge in [0.15, 0.2) is 0 Å². The van der Waals surface area contributed by atoms with E-state index in [4.69, 9.17) is 17.3 Å². The summed E-state index contributed by atoms with van der Waals surface area (Å²) in [5.74, 6) is -1.56. The highest BCUT2D eigenvalue weighted by Crippen LogP contribution is 2.31. The molecule has 1 aromatic rings. The van der Waals surface area contributed by atoms with E-state index in [2.05, 4.69) is 5.32 Å². The van der Waals surface area contributed by atoms with E-state index in [9.17, 15) is 14.7 Å². The van der Waals surface area contributed by atoms with Gasteiger partial charge in [0.1, 0.15) is 0 Å². The van der Waals surface area contributed by atoms with Crippen LogP contribution in [0.3, 0.4) is 0 Å². The van der Waals surface area contributed by atoms with Crippen LogP contribution in [-0.2, 0) is 4.79 Å². The van der Waals surface area contributed by atoms with E-state index >= 15 is 0 Å². The van der Waals surface area contributed by atoms with E-state index in [-0.39, 0.29) is 11.8 Å². The van der Waals surface area contributed by atoms with Gasteiger partial charge < -0.3 is 16.2 Å². The lowest BCUT2D eigenvalue weighted by molar-refractivity contribution is -0.144. The predicted octanol–water partition coefficient (Wildman–Crippen LogP) is 2.74. The van der Waals surface area contributed by atoms with Crippen LogP contribution >= 0.6 is 11.6 Å². The molecule has 1 aromatic carbocycles. The van der Waals surface area contributed by atoms with Crippen molar-refractivity contribution < 1.29 is 14.7 Å². The molecule has 0 saturated heterocycles. The molecule has 6 heteroatoms. The minimum atomic E-state index is -0.747. The SMILES string of the molecule is NC(=O)c1ccc(Cl)cc1NCC1CCCCC1C(=O)O. The Labute approximate surface area is 128 Å². The van der Waals surface area contributed by atoms with Crippen LogP contribution in [0, 0.1) is 11.8 Å². The summed E-state index contributed by atoms with van der Waals surface area (Å²) in [4.78, 5) is 22.7. The molecule has 0 bridgehead atoms. The fraction of sp³-hybridized carbons (Fsp3) is 0.467. The van der Waals surface area contributed by atoms with Gasteiger partial charge in [-0.05, 0) is 37.0 Å². The van der Waals surface area contributed by atoms with E-state index in [1.807, 2.05) is 0 Å². The first-order chi connectivity index (χ1) is 9.99. The predicted molar refractivity (Wildman–Crippen MR) is 81.5 cm³/mol. The Morgan fingerprint density at radius 1 is 1.33 bits per heavy atom. The molecule has 0 spiro atoms. The summed E-state index contributed by atoms with van der Waals surface area (Å²) >= 11 is 5.94. The normalized spacial score (nSPS) is 21.8. The summed E-state index contributed by atoms with van der Waals surface area (Å²) in [5.41, 5.74) is 6.26. The number of benzene rings is 1. The van der Waals surface area contributed by atoms with Crippen molar-refractivity contribution in [3.05, 3.63) is 28.8 Å². The second-order valence-electron chi connectivity index (χ2n) is 5.42. The van der Waals surface area contributed by atoms with Gasteiger partial charge in [0, 0.05) is 17.3 Å². The maximum absolute atomic E-state index is 11.4. The third-order valence-corrected chi connectivity index (χ3v) is 4.26. The lowest BCUT2D eigenvalue weighted by atomic mass is 9.79. The van der Waals surface area contributed by atoms with Crippen molar-refractivity contribution in [3.8, 4) is 0 Å². The average Bonchev–Trinajstić information content (AvgIpc) is 2.45. The van der Waals surface area contributed by atoms with Gasteiger partial charge in [-0.25, -0.2) is 0 Å². The molecule has 4 N–H and O–H groups in total. The molecule has 1 amide bonds. The van der Waals surface area contributed by atoms with E-state index in [0.29, 0.717) is 29.2 Å². The van der Waals surface area contributed by atoms with Crippen LogP contribution in [-0.4, -0.2) is 23.5 Å². The summed E-state index contributed by atoms with van der Waals surface area (Å²) in [6.07, 6.45) is 3.57. The second-order valence-corrected chi connectivity index (χ2v) is 5.86. The molecule has 21 heavy (non-hydrogen) atoms. The third kappa shape index (κ3) is 3.88. The van der Waals surface area contributed by atoms with Crippen LogP contribution in [0.15, 0.2) is 18.2 Å². The van der Waals surface area contributed by atoms with Gasteiger partial charge in [-0.3, -0.25) is 9.59 Å². The Hall–Kier alpha value is -1.75. The molecule has 2 unspecified atom stereocenters. The monoisotopic (exact) mass is 310 g/mol. The molecule has 1 aliphatic carbocycles. The van der Waals surface area contributed by atoms with Crippen molar-refractivity contribution in [1.82, 2.24) is 0 Å². The minimum absolute atomic E-state index is 0.0518. The number of hydrogen-bond acceptors (Lipinski definition) is 3. The molecule has 0 aromatic heterocycles. The smallest absolute Gasteiger partial charge is 0.306 e. The van der Waals surface area contributed by atoms with Gasteiger partial charge in [-0.15, -0.1) is 0 Å². The molecule has 2 atom stereocenters. The van der Waals surface area contributed by atoms with Crippen molar-refractivity contribution >= 4 is 29.2 Å². The van der Waals surface area contributed by atoms with Crippen LogP contribution in [0.1, 0.15) is 36.0 Å².